The third-order valence-corrected chi connectivity index (χ3v) is 4.36. The lowest BCUT2D eigenvalue weighted by molar-refractivity contribution is -0.150. The quantitative estimate of drug-likeness (QED) is 0.752. The third kappa shape index (κ3) is 3.69. The largest absolute Gasteiger partial charge is 0.493 e. The SMILES string of the molecule is COc1ccc([C@H]2C(C(=O)OC(C)(C)C)=C(C)Nc3nnnn32)c(OC)c1OC. The molecule has 1 aliphatic heterocycles. The lowest BCUT2D eigenvalue weighted by Gasteiger charge is -2.30. The number of aromatic nitrogens is 4. The van der Waals surface area contributed by atoms with Crippen LogP contribution < -0.4 is 19.5 Å². The topological polar surface area (TPSA) is 110 Å². The average Bonchev–Trinajstić information content (AvgIpc) is 3.11. The number of anilines is 1. The number of nitrogens with zero attached hydrogens (tertiary/aromatic N) is 4. The summed E-state index contributed by atoms with van der Waals surface area (Å²) in [6.07, 6.45) is 0. The van der Waals surface area contributed by atoms with Gasteiger partial charge in [-0.1, -0.05) is 5.10 Å². The molecule has 1 atom stereocenters. The first-order valence-electron chi connectivity index (χ1n) is 8.99. The van der Waals surface area contributed by atoms with Crippen molar-refractivity contribution in [1.82, 2.24) is 20.2 Å². The van der Waals surface area contributed by atoms with E-state index in [1.807, 2.05) is 20.8 Å². The van der Waals surface area contributed by atoms with E-state index in [0.717, 1.165) is 0 Å². The summed E-state index contributed by atoms with van der Waals surface area (Å²) in [5.41, 5.74) is 0.909. The molecule has 0 fully saturated rings. The van der Waals surface area contributed by atoms with Crippen LogP contribution in [-0.2, 0) is 9.53 Å². The van der Waals surface area contributed by atoms with E-state index in [1.54, 1.807) is 19.1 Å². The number of benzene rings is 1. The Hall–Kier alpha value is -3.30. The van der Waals surface area contributed by atoms with E-state index in [1.165, 1.54) is 26.0 Å². The number of carbonyl (C=O) groups is 1. The lowest BCUT2D eigenvalue weighted by Crippen LogP contribution is -2.33. The Morgan fingerprint density at radius 2 is 1.79 bits per heavy atom. The number of rotatable bonds is 5. The van der Waals surface area contributed by atoms with E-state index in [0.29, 0.717) is 40.0 Å². The molecule has 10 nitrogen and oxygen atoms in total. The highest BCUT2D eigenvalue weighted by atomic mass is 16.6. The molecule has 156 valence electrons. The summed E-state index contributed by atoms with van der Waals surface area (Å²) in [7, 11) is 4.58. The van der Waals surface area contributed by atoms with Crippen molar-refractivity contribution in [3.05, 3.63) is 29.0 Å². The lowest BCUT2D eigenvalue weighted by atomic mass is 9.94. The number of hydrogen-bond acceptors (Lipinski definition) is 9. The zero-order valence-corrected chi connectivity index (χ0v) is 17.6. The van der Waals surface area contributed by atoms with Crippen molar-refractivity contribution in [2.45, 2.75) is 39.3 Å². The van der Waals surface area contributed by atoms with Crippen molar-refractivity contribution in [3.8, 4) is 17.2 Å². The van der Waals surface area contributed by atoms with Gasteiger partial charge in [0.15, 0.2) is 11.5 Å². The predicted octanol–water partition coefficient (Wildman–Crippen LogP) is 2.33. The fourth-order valence-corrected chi connectivity index (χ4v) is 3.24. The first kappa shape index (κ1) is 20.4. The van der Waals surface area contributed by atoms with Crippen LogP contribution in [-0.4, -0.2) is 53.1 Å². The summed E-state index contributed by atoms with van der Waals surface area (Å²) >= 11 is 0. The van der Waals surface area contributed by atoms with Gasteiger partial charge in [-0.15, -0.1) is 0 Å². The molecule has 1 N–H and O–H groups in total. The molecule has 0 aliphatic carbocycles. The Labute approximate surface area is 168 Å². The molecule has 0 saturated carbocycles. The maximum Gasteiger partial charge on any atom is 0.338 e. The molecular formula is C19H25N5O5. The summed E-state index contributed by atoms with van der Waals surface area (Å²) in [4.78, 5) is 13.1. The summed E-state index contributed by atoms with van der Waals surface area (Å²) in [5.74, 6) is 1.23. The van der Waals surface area contributed by atoms with Gasteiger partial charge in [-0.25, -0.2) is 4.79 Å². The van der Waals surface area contributed by atoms with Crippen molar-refractivity contribution < 1.29 is 23.7 Å². The summed E-state index contributed by atoms with van der Waals surface area (Å²) in [5, 5.41) is 14.9. The Bertz CT molecular complexity index is 960. The molecular weight excluding hydrogens is 378 g/mol. The van der Waals surface area contributed by atoms with Crippen molar-refractivity contribution in [3.63, 3.8) is 0 Å². The first-order chi connectivity index (χ1) is 13.7. The van der Waals surface area contributed by atoms with Crippen molar-refractivity contribution in [2.24, 2.45) is 0 Å². The number of nitrogens with one attached hydrogen (secondary N) is 1. The molecule has 10 heteroatoms. The van der Waals surface area contributed by atoms with Gasteiger partial charge >= 0.3 is 5.97 Å². The van der Waals surface area contributed by atoms with Crippen molar-refractivity contribution >= 4 is 11.9 Å². The molecule has 0 spiro atoms. The molecule has 0 radical (unpaired) electrons. The number of esters is 1. The highest BCUT2D eigenvalue weighted by Crippen LogP contribution is 2.46. The number of methoxy groups -OCH3 is 3. The highest BCUT2D eigenvalue weighted by Gasteiger charge is 2.38. The van der Waals surface area contributed by atoms with E-state index >= 15 is 0 Å². The molecule has 3 rings (SSSR count). The molecule has 0 unspecified atom stereocenters. The normalized spacial score (nSPS) is 16.0. The predicted molar refractivity (Wildman–Crippen MR) is 104 cm³/mol. The van der Waals surface area contributed by atoms with Gasteiger partial charge in [0.1, 0.15) is 11.6 Å². The van der Waals surface area contributed by atoms with E-state index in [2.05, 4.69) is 20.8 Å². The number of allylic oxidation sites excluding steroid dienone is 1. The van der Waals surface area contributed by atoms with Crippen molar-refractivity contribution in [2.75, 3.05) is 26.6 Å². The number of fused-ring (bicyclic) bond motifs is 1. The van der Waals surface area contributed by atoms with Gasteiger partial charge in [-0.2, -0.15) is 4.68 Å². The zero-order chi connectivity index (χ0) is 21.3. The van der Waals surface area contributed by atoms with Crippen LogP contribution >= 0.6 is 0 Å². The Kier molecular flexibility index (Phi) is 5.36. The van der Waals surface area contributed by atoms with Gasteiger partial charge in [0.25, 0.3) is 0 Å². The highest BCUT2D eigenvalue weighted by molar-refractivity contribution is 5.93. The minimum Gasteiger partial charge on any atom is -0.493 e. The van der Waals surface area contributed by atoms with Gasteiger partial charge in [0.2, 0.25) is 11.7 Å². The molecule has 1 aliphatic rings. The van der Waals surface area contributed by atoms with Gasteiger partial charge in [0.05, 0.1) is 26.9 Å². The standard InChI is InChI=1S/C19H25N5O5/c1-10-13(17(25)29-19(2,3)4)14(24-18(20-10)21-22-23-24)11-8-9-12(26-5)16(28-7)15(11)27-6/h8-9,14H,1-7H3,(H,20,21,23)/t14-/m0/s1. The molecule has 1 aromatic carbocycles. The molecule has 29 heavy (non-hydrogen) atoms. The monoisotopic (exact) mass is 403 g/mol. The smallest absolute Gasteiger partial charge is 0.338 e. The van der Waals surface area contributed by atoms with E-state index in [4.69, 9.17) is 18.9 Å². The molecule has 0 amide bonds. The van der Waals surface area contributed by atoms with Crippen LogP contribution in [0, 0.1) is 0 Å². The molecule has 0 bridgehead atoms. The van der Waals surface area contributed by atoms with Crippen LogP contribution in [0.4, 0.5) is 5.95 Å². The maximum absolute atomic E-state index is 13.1. The second-order valence-electron chi connectivity index (χ2n) is 7.44. The number of tetrazole rings is 1. The van der Waals surface area contributed by atoms with Gasteiger partial charge < -0.3 is 24.3 Å². The third-order valence-electron chi connectivity index (χ3n) is 4.36. The Morgan fingerprint density at radius 3 is 2.38 bits per heavy atom. The average molecular weight is 403 g/mol. The minimum absolute atomic E-state index is 0.366. The molecule has 2 aromatic rings. The first-order valence-corrected chi connectivity index (χ1v) is 8.99. The second-order valence-corrected chi connectivity index (χ2v) is 7.44. The molecule has 1 aromatic heterocycles. The summed E-state index contributed by atoms with van der Waals surface area (Å²) in [6, 6.07) is 2.84. The zero-order valence-electron chi connectivity index (χ0n) is 17.6. The number of ether oxygens (including phenoxy) is 4. The fourth-order valence-electron chi connectivity index (χ4n) is 3.24. The van der Waals surface area contributed by atoms with Gasteiger partial charge in [0, 0.05) is 11.3 Å². The molecule has 0 saturated heterocycles. The minimum atomic E-state index is -0.689. The Balaban J connectivity index is 2.23. The van der Waals surface area contributed by atoms with Crippen LogP contribution in [0.25, 0.3) is 0 Å². The van der Waals surface area contributed by atoms with E-state index < -0.39 is 17.6 Å². The summed E-state index contributed by atoms with van der Waals surface area (Å²) in [6.45, 7) is 7.21. The van der Waals surface area contributed by atoms with E-state index in [-0.39, 0.29) is 0 Å². The number of hydrogen-bond donors (Lipinski definition) is 1. The second kappa shape index (κ2) is 7.61. The van der Waals surface area contributed by atoms with Crippen LogP contribution in [0.1, 0.15) is 39.3 Å². The van der Waals surface area contributed by atoms with Crippen LogP contribution in [0.5, 0.6) is 17.2 Å². The van der Waals surface area contributed by atoms with Crippen LogP contribution in [0.15, 0.2) is 23.4 Å². The van der Waals surface area contributed by atoms with Crippen LogP contribution in [0.3, 0.4) is 0 Å². The molecule has 2 heterocycles. The maximum atomic E-state index is 13.1. The van der Waals surface area contributed by atoms with Crippen LogP contribution in [0.2, 0.25) is 0 Å². The van der Waals surface area contributed by atoms with Crippen molar-refractivity contribution in [1.29, 1.82) is 0 Å². The number of carbonyl (C=O) groups excluding carboxylic acids is 1. The van der Waals surface area contributed by atoms with E-state index in [9.17, 15) is 4.79 Å². The van der Waals surface area contributed by atoms with Gasteiger partial charge in [-0.05, 0) is 50.3 Å². The van der Waals surface area contributed by atoms with Gasteiger partial charge in [-0.3, -0.25) is 0 Å². The summed E-state index contributed by atoms with van der Waals surface area (Å²) < 4.78 is 23.7. The Morgan fingerprint density at radius 1 is 1.10 bits per heavy atom. The fraction of sp³-hybridized carbons (Fsp3) is 0.474.